The molecule has 0 bridgehead atoms. The van der Waals surface area contributed by atoms with Gasteiger partial charge >= 0.3 is 12.0 Å². The van der Waals surface area contributed by atoms with Crippen LogP contribution in [0.15, 0.2) is 67.3 Å². The Bertz CT molecular complexity index is 1850. The molecule has 5 unspecified atom stereocenters. The highest BCUT2D eigenvalue weighted by molar-refractivity contribution is 5.95. The number of carboxylic acid groups (broad SMARTS) is 1. The molecule has 2 aliphatic carbocycles. The lowest BCUT2D eigenvalue weighted by atomic mass is 9.85. The molecule has 0 spiro atoms. The highest BCUT2D eigenvalue weighted by Gasteiger charge is 2.61. The second-order valence-electron chi connectivity index (χ2n) is 15.7. The van der Waals surface area contributed by atoms with Crippen LogP contribution in [0.4, 0.5) is 4.79 Å². The fourth-order valence-corrected chi connectivity index (χ4v) is 7.63. The lowest BCUT2D eigenvalue weighted by Crippen LogP contribution is -2.59. The predicted molar refractivity (Wildman–Crippen MR) is 201 cm³/mol. The first-order valence-electron chi connectivity index (χ1n) is 18.6. The number of hydrogen-bond donors (Lipinski definition) is 4. The van der Waals surface area contributed by atoms with Crippen molar-refractivity contribution in [2.75, 3.05) is 20.2 Å². The number of aliphatic carboxylic acids is 1. The summed E-state index contributed by atoms with van der Waals surface area (Å²) >= 11 is 0. The number of aromatic nitrogens is 1. The third-order valence-electron chi connectivity index (χ3n) is 10.9. The average Bonchev–Trinajstić information content (AvgIpc) is 3.71. The van der Waals surface area contributed by atoms with Gasteiger partial charge in [0.15, 0.2) is 0 Å². The third kappa shape index (κ3) is 8.26. The minimum absolute atomic E-state index is 0.01000. The minimum atomic E-state index is -1.49. The molecule has 5 atom stereocenters. The fraction of sp³-hybridized carbons (Fsp3) is 0.488. The number of fused-ring (bicyclic) bond motifs is 1. The highest BCUT2D eigenvalue weighted by Crippen LogP contribution is 2.45. The van der Waals surface area contributed by atoms with Crippen LogP contribution in [-0.2, 0) is 14.4 Å². The molecule has 4 amide bonds. The maximum atomic E-state index is 14.2. The number of urea groups is 1. The van der Waals surface area contributed by atoms with Crippen molar-refractivity contribution in [3.8, 4) is 22.8 Å². The second kappa shape index (κ2) is 15.5. The van der Waals surface area contributed by atoms with E-state index in [4.69, 9.17) is 14.5 Å². The number of amides is 4. The van der Waals surface area contributed by atoms with Crippen molar-refractivity contribution >= 4 is 34.7 Å². The zero-order valence-electron chi connectivity index (χ0n) is 31.0. The van der Waals surface area contributed by atoms with Crippen LogP contribution in [0, 0.1) is 17.3 Å². The van der Waals surface area contributed by atoms with Crippen molar-refractivity contribution in [2.45, 2.75) is 89.4 Å². The Morgan fingerprint density at radius 3 is 2.45 bits per heavy atom. The molecule has 282 valence electrons. The summed E-state index contributed by atoms with van der Waals surface area (Å²) in [5.74, 6) is -0.947. The van der Waals surface area contributed by atoms with E-state index in [0.717, 1.165) is 31.2 Å². The number of carboxylic acids is 1. The Kier molecular flexibility index (Phi) is 11.0. The average molecular weight is 726 g/mol. The molecule has 0 radical (unpaired) electrons. The Balaban J connectivity index is 1.28. The van der Waals surface area contributed by atoms with Crippen molar-refractivity contribution in [1.82, 2.24) is 25.8 Å². The first-order chi connectivity index (χ1) is 25.3. The maximum absolute atomic E-state index is 14.2. The summed E-state index contributed by atoms with van der Waals surface area (Å²) in [7, 11) is 1.58. The molecule has 1 aromatic heterocycles. The number of hydrogen-bond acceptors (Lipinski definition) is 7. The third-order valence-corrected chi connectivity index (χ3v) is 10.9. The van der Waals surface area contributed by atoms with Gasteiger partial charge in [-0.2, -0.15) is 0 Å². The van der Waals surface area contributed by atoms with E-state index in [0.29, 0.717) is 40.6 Å². The Morgan fingerprint density at radius 2 is 1.81 bits per heavy atom. The number of rotatable bonds is 12. The van der Waals surface area contributed by atoms with E-state index >= 15 is 0 Å². The Hall–Kier alpha value is -5.13. The quantitative estimate of drug-likeness (QED) is 0.173. The Labute approximate surface area is 310 Å². The SMILES string of the molecule is C=CC1CC1(NC(=O)C1CC(Oc2cc(-c3ccccc3)nc3cc(OC)ccc23)CN1C(=O)NC(C(=O)NCC1CCCCC1)C(C)(C)C)C(=O)O. The number of nitrogens with one attached hydrogen (secondary N) is 3. The van der Waals surface area contributed by atoms with Crippen LogP contribution in [0.5, 0.6) is 11.5 Å². The van der Waals surface area contributed by atoms with Crippen LogP contribution >= 0.6 is 0 Å². The molecule has 12 nitrogen and oxygen atoms in total. The van der Waals surface area contributed by atoms with Gasteiger partial charge in [-0.15, -0.1) is 6.58 Å². The van der Waals surface area contributed by atoms with Gasteiger partial charge in [0.1, 0.15) is 35.2 Å². The summed E-state index contributed by atoms with van der Waals surface area (Å²) in [6.45, 7) is 9.93. The molecule has 1 saturated heterocycles. The smallest absolute Gasteiger partial charge is 0.330 e. The topological polar surface area (TPSA) is 159 Å². The van der Waals surface area contributed by atoms with E-state index in [-0.39, 0.29) is 25.3 Å². The first kappa shape index (κ1) is 37.6. The van der Waals surface area contributed by atoms with Gasteiger partial charge in [0.25, 0.3) is 0 Å². The summed E-state index contributed by atoms with van der Waals surface area (Å²) in [6, 6.07) is 14.4. The zero-order chi connectivity index (χ0) is 37.9. The molecule has 2 heterocycles. The maximum Gasteiger partial charge on any atom is 0.330 e. The van der Waals surface area contributed by atoms with E-state index in [1.54, 1.807) is 7.11 Å². The molecular formula is C41H51N5O7. The van der Waals surface area contributed by atoms with Crippen LogP contribution in [-0.4, -0.2) is 82.7 Å². The van der Waals surface area contributed by atoms with Crippen LogP contribution in [0.25, 0.3) is 22.2 Å². The predicted octanol–water partition coefficient (Wildman–Crippen LogP) is 5.70. The van der Waals surface area contributed by atoms with E-state index in [9.17, 15) is 24.3 Å². The van der Waals surface area contributed by atoms with Gasteiger partial charge in [-0.25, -0.2) is 14.6 Å². The number of nitrogens with zero attached hydrogens (tertiary/aromatic N) is 2. The normalized spacial score (nSPS) is 23.5. The zero-order valence-corrected chi connectivity index (χ0v) is 31.0. The van der Waals surface area contributed by atoms with Crippen LogP contribution in [0.2, 0.25) is 0 Å². The molecule has 2 aromatic carbocycles. The summed E-state index contributed by atoms with van der Waals surface area (Å²) < 4.78 is 12.1. The molecule has 3 aromatic rings. The summed E-state index contributed by atoms with van der Waals surface area (Å²) in [5.41, 5.74) is 0.0495. The molecule has 3 aliphatic rings. The second-order valence-corrected chi connectivity index (χ2v) is 15.7. The number of pyridine rings is 1. The van der Waals surface area contributed by atoms with E-state index < -0.39 is 53.0 Å². The molecule has 1 aliphatic heterocycles. The molecule has 6 rings (SSSR count). The van der Waals surface area contributed by atoms with Crippen molar-refractivity contribution in [2.24, 2.45) is 17.3 Å². The van der Waals surface area contributed by atoms with Gasteiger partial charge in [0.2, 0.25) is 11.8 Å². The molecule has 53 heavy (non-hydrogen) atoms. The van der Waals surface area contributed by atoms with Crippen LogP contribution < -0.4 is 25.4 Å². The summed E-state index contributed by atoms with van der Waals surface area (Å²) in [5, 5.41) is 19.5. The van der Waals surface area contributed by atoms with Crippen molar-refractivity contribution in [1.29, 1.82) is 0 Å². The lowest BCUT2D eigenvalue weighted by molar-refractivity contribution is -0.144. The van der Waals surface area contributed by atoms with Crippen LogP contribution in [0.1, 0.15) is 65.7 Å². The number of benzene rings is 2. The molecule has 2 saturated carbocycles. The number of carbonyl (C=O) groups is 4. The van der Waals surface area contributed by atoms with E-state index in [2.05, 4.69) is 22.5 Å². The lowest BCUT2D eigenvalue weighted by Gasteiger charge is -2.34. The van der Waals surface area contributed by atoms with Gasteiger partial charge in [0.05, 0.1) is 24.9 Å². The minimum Gasteiger partial charge on any atom is -0.497 e. The summed E-state index contributed by atoms with van der Waals surface area (Å²) in [6.07, 6.45) is 6.80. The summed E-state index contributed by atoms with van der Waals surface area (Å²) in [4.78, 5) is 60.4. The highest BCUT2D eigenvalue weighted by atomic mass is 16.5. The standard InChI is InChI=1S/C41H51N5O7/c1-6-27-22-41(27,38(49)50)45-36(47)33-20-29(24-46(33)39(51)44-35(40(2,3)4)37(48)42-23-25-13-9-7-10-14-25)53-34-21-31(26-15-11-8-12-16-26)43-32-19-28(52-5)17-18-30(32)34/h6,8,11-12,15-19,21,25,27,29,33,35H,1,7,9-10,13-14,20,22-24H2,2-5H3,(H,42,48)(H,44,51)(H,45,47)(H,49,50). The van der Waals surface area contributed by atoms with Crippen LogP contribution in [0.3, 0.4) is 0 Å². The van der Waals surface area contributed by atoms with E-state index in [1.165, 1.54) is 17.4 Å². The number of ether oxygens (including phenoxy) is 2. The first-order valence-corrected chi connectivity index (χ1v) is 18.6. The monoisotopic (exact) mass is 725 g/mol. The van der Waals surface area contributed by atoms with Gasteiger partial charge in [-0.05, 0) is 42.7 Å². The largest absolute Gasteiger partial charge is 0.497 e. The van der Waals surface area contributed by atoms with Gasteiger partial charge in [-0.1, -0.05) is 76.4 Å². The number of methoxy groups -OCH3 is 1. The molecule has 3 fully saturated rings. The number of carbonyl (C=O) groups excluding carboxylic acids is 3. The number of likely N-dealkylation sites (tertiary alicyclic amines) is 1. The molecular weight excluding hydrogens is 674 g/mol. The molecule has 4 N–H and O–H groups in total. The van der Waals surface area contributed by atoms with Gasteiger partial charge < -0.3 is 35.4 Å². The molecule has 12 heteroatoms. The van der Waals surface area contributed by atoms with Gasteiger partial charge in [0, 0.05) is 42.0 Å². The van der Waals surface area contributed by atoms with E-state index in [1.807, 2.05) is 75.4 Å². The fourth-order valence-electron chi connectivity index (χ4n) is 7.63. The van der Waals surface area contributed by atoms with Crippen molar-refractivity contribution in [3.05, 3.63) is 67.3 Å². The van der Waals surface area contributed by atoms with Crippen molar-refractivity contribution in [3.63, 3.8) is 0 Å². The van der Waals surface area contributed by atoms with Crippen molar-refractivity contribution < 1.29 is 33.8 Å². The van der Waals surface area contributed by atoms with Gasteiger partial charge in [-0.3, -0.25) is 9.59 Å². The Morgan fingerprint density at radius 1 is 1.08 bits per heavy atom.